The van der Waals surface area contributed by atoms with Crippen LogP contribution in [0.25, 0.3) is 0 Å². The van der Waals surface area contributed by atoms with Gasteiger partial charge in [-0.25, -0.2) is 8.42 Å². The lowest BCUT2D eigenvalue weighted by molar-refractivity contribution is -0.121. The molecule has 1 amide bonds. The van der Waals surface area contributed by atoms with E-state index in [1.54, 1.807) is 28.6 Å². The molecule has 2 aromatic carbocycles. The number of amides is 1. The minimum atomic E-state index is -3.59. The van der Waals surface area contributed by atoms with Crippen LogP contribution in [-0.2, 0) is 26.0 Å². The first-order valence-corrected chi connectivity index (χ1v) is 13.6. The molecule has 0 aromatic heterocycles. The highest BCUT2D eigenvalue weighted by Crippen LogP contribution is 2.23. The summed E-state index contributed by atoms with van der Waals surface area (Å²) in [5.41, 5.74) is 7.41. The standard InChI is InChI=1S/C25H37N3O3S.CH4O.CH2O/c1-20(2)19-28(32(30,31)24-15-13-23(26)14-16-24)21(3)9-7-8-18-27-25(29)17-12-22-10-5-4-6-11-22;2*1-2/h4-6,10-11,13-16,20-21H,7-9,12,17-19,26H2,1-3H3,(H,27,29);2H,1H3;1H2. The normalized spacial score (nSPS) is 11.6. The number of hydrogen-bond donors (Lipinski definition) is 3. The fourth-order valence-corrected chi connectivity index (χ4v) is 5.40. The largest absolute Gasteiger partial charge is 0.400 e. The maximum absolute atomic E-state index is 13.2. The maximum atomic E-state index is 13.2. The summed E-state index contributed by atoms with van der Waals surface area (Å²) in [5, 5.41) is 9.97. The zero-order valence-electron chi connectivity index (χ0n) is 22.0. The van der Waals surface area contributed by atoms with Crippen LogP contribution in [0.15, 0.2) is 59.5 Å². The van der Waals surface area contributed by atoms with Gasteiger partial charge in [-0.3, -0.25) is 4.79 Å². The third-order valence-corrected chi connectivity index (χ3v) is 7.37. The molecule has 1 atom stereocenters. The smallest absolute Gasteiger partial charge is 0.243 e. The van der Waals surface area contributed by atoms with Crippen molar-refractivity contribution in [1.29, 1.82) is 0 Å². The summed E-state index contributed by atoms with van der Waals surface area (Å²) in [6.07, 6.45) is 3.60. The first-order chi connectivity index (χ1) is 17.2. The van der Waals surface area contributed by atoms with E-state index < -0.39 is 10.0 Å². The number of carbonyl (C=O) groups excluding carboxylic acids is 2. The van der Waals surface area contributed by atoms with E-state index in [-0.39, 0.29) is 22.8 Å². The first-order valence-electron chi connectivity index (χ1n) is 12.1. The number of aryl methyl sites for hydroxylation is 1. The lowest BCUT2D eigenvalue weighted by Crippen LogP contribution is -2.41. The molecule has 2 rings (SSSR count). The van der Waals surface area contributed by atoms with Crippen molar-refractivity contribution < 1.29 is 23.1 Å². The molecule has 0 saturated heterocycles. The molecule has 8 nitrogen and oxygen atoms in total. The first kappa shape index (κ1) is 33.2. The number of hydrogen-bond acceptors (Lipinski definition) is 6. The number of benzene rings is 2. The van der Waals surface area contributed by atoms with Gasteiger partial charge in [-0.2, -0.15) is 4.31 Å². The molecule has 1 unspecified atom stereocenters. The molecule has 0 saturated carbocycles. The van der Waals surface area contributed by atoms with Crippen LogP contribution in [0.5, 0.6) is 0 Å². The van der Waals surface area contributed by atoms with Gasteiger partial charge in [0.15, 0.2) is 0 Å². The minimum Gasteiger partial charge on any atom is -0.400 e. The van der Waals surface area contributed by atoms with Crippen LogP contribution in [0.1, 0.15) is 52.0 Å². The second-order valence-electron chi connectivity index (χ2n) is 8.72. The fourth-order valence-electron chi connectivity index (χ4n) is 3.58. The third kappa shape index (κ3) is 12.3. The van der Waals surface area contributed by atoms with Gasteiger partial charge in [0.25, 0.3) is 0 Å². The number of nitrogens with two attached hydrogens (primary N) is 1. The van der Waals surface area contributed by atoms with E-state index in [1.165, 1.54) is 0 Å². The summed E-state index contributed by atoms with van der Waals surface area (Å²) < 4.78 is 28.0. The maximum Gasteiger partial charge on any atom is 0.243 e. The van der Waals surface area contributed by atoms with E-state index in [1.807, 2.05) is 57.9 Å². The Hall–Kier alpha value is -2.75. The molecule has 0 radical (unpaired) electrons. The van der Waals surface area contributed by atoms with Crippen LogP contribution >= 0.6 is 0 Å². The van der Waals surface area contributed by atoms with E-state index in [0.29, 0.717) is 25.2 Å². The second-order valence-corrected chi connectivity index (χ2v) is 10.6. The average molecular weight is 522 g/mol. The number of rotatable bonds is 13. The number of nitrogens with one attached hydrogen (secondary N) is 1. The summed E-state index contributed by atoms with van der Waals surface area (Å²) in [6.45, 7) is 9.06. The Labute approximate surface area is 217 Å². The van der Waals surface area contributed by atoms with Crippen LogP contribution < -0.4 is 11.1 Å². The van der Waals surface area contributed by atoms with Crippen molar-refractivity contribution in [3.8, 4) is 0 Å². The molecule has 0 aliphatic heterocycles. The van der Waals surface area contributed by atoms with Crippen molar-refractivity contribution in [2.24, 2.45) is 5.92 Å². The molecule has 0 heterocycles. The van der Waals surface area contributed by atoms with E-state index in [9.17, 15) is 13.2 Å². The van der Waals surface area contributed by atoms with Gasteiger partial charge in [0.2, 0.25) is 15.9 Å². The van der Waals surface area contributed by atoms with E-state index in [0.717, 1.165) is 38.4 Å². The fraction of sp³-hybridized carbons (Fsp3) is 0.481. The number of nitrogens with zero attached hydrogens (tertiary/aromatic N) is 1. The van der Waals surface area contributed by atoms with Gasteiger partial charge < -0.3 is 21.0 Å². The highest BCUT2D eigenvalue weighted by atomic mass is 32.2. The second kappa shape index (κ2) is 18.5. The molecule has 0 fully saturated rings. The van der Waals surface area contributed by atoms with Crippen molar-refractivity contribution >= 4 is 28.4 Å². The van der Waals surface area contributed by atoms with Crippen LogP contribution in [0.4, 0.5) is 5.69 Å². The van der Waals surface area contributed by atoms with E-state index in [4.69, 9.17) is 15.6 Å². The minimum absolute atomic E-state index is 0.0502. The molecule has 0 spiro atoms. The van der Waals surface area contributed by atoms with E-state index >= 15 is 0 Å². The lowest BCUT2D eigenvalue weighted by Gasteiger charge is -2.30. The molecule has 2 aromatic rings. The van der Waals surface area contributed by atoms with Crippen LogP contribution in [0.3, 0.4) is 0 Å². The van der Waals surface area contributed by atoms with Crippen molar-refractivity contribution in [2.45, 2.75) is 63.8 Å². The number of aliphatic hydroxyl groups is 1. The van der Waals surface area contributed by atoms with Gasteiger partial charge in [-0.15, -0.1) is 0 Å². The Bertz CT molecular complexity index is 951. The molecule has 0 aliphatic rings. The average Bonchev–Trinajstić information content (AvgIpc) is 2.88. The van der Waals surface area contributed by atoms with Crippen LogP contribution in [0.2, 0.25) is 0 Å². The zero-order chi connectivity index (χ0) is 27.6. The lowest BCUT2D eigenvalue weighted by atomic mass is 10.1. The summed E-state index contributed by atoms with van der Waals surface area (Å²) >= 11 is 0. The van der Waals surface area contributed by atoms with Gasteiger partial charge in [0, 0.05) is 38.3 Å². The Morgan fingerprint density at radius 3 is 2.14 bits per heavy atom. The molecule has 0 bridgehead atoms. The summed E-state index contributed by atoms with van der Waals surface area (Å²) in [7, 11) is -2.59. The van der Waals surface area contributed by atoms with Gasteiger partial charge in [-0.05, 0) is 61.9 Å². The molecule has 36 heavy (non-hydrogen) atoms. The predicted molar refractivity (Wildman–Crippen MR) is 146 cm³/mol. The molecule has 202 valence electrons. The Balaban J connectivity index is 0.00000291. The quantitative estimate of drug-likeness (QED) is 0.273. The Morgan fingerprint density at radius 1 is 1.00 bits per heavy atom. The molecule has 0 aliphatic carbocycles. The monoisotopic (exact) mass is 521 g/mol. The Morgan fingerprint density at radius 2 is 1.58 bits per heavy atom. The molecule has 4 N–H and O–H groups in total. The third-order valence-electron chi connectivity index (χ3n) is 5.38. The summed E-state index contributed by atoms with van der Waals surface area (Å²) in [6, 6.07) is 16.2. The number of sulfonamides is 1. The van der Waals surface area contributed by atoms with Gasteiger partial charge in [0.1, 0.15) is 6.79 Å². The summed E-state index contributed by atoms with van der Waals surface area (Å²) in [4.78, 5) is 20.3. The van der Waals surface area contributed by atoms with Gasteiger partial charge in [0.05, 0.1) is 4.90 Å². The van der Waals surface area contributed by atoms with Gasteiger partial charge in [-0.1, -0.05) is 50.6 Å². The summed E-state index contributed by atoms with van der Waals surface area (Å²) in [5.74, 6) is 0.263. The number of anilines is 1. The van der Waals surface area contributed by atoms with Crippen LogP contribution in [0, 0.1) is 5.92 Å². The predicted octanol–water partition coefficient (Wildman–Crippen LogP) is 3.65. The number of carbonyl (C=O) groups is 2. The number of nitrogen functional groups attached to an aromatic ring is 1. The number of aliphatic hydroxyl groups excluding tert-OH is 1. The highest BCUT2D eigenvalue weighted by Gasteiger charge is 2.29. The molecule has 9 heteroatoms. The van der Waals surface area contributed by atoms with Crippen molar-refractivity contribution in [2.75, 3.05) is 25.9 Å². The van der Waals surface area contributed by atoms with Crippen molar-refractivity contribution in [1.82, 2.24) is 9.62 Å². The SMILES string of the molecule is C=O.CC(C)CN(C(C)CCCCNC(=O)CCc1ccccc1)S(=O)(=O)c1ccc(N)cc1.CO. The highest BCUT2D eigenvalue weighted by molar-refractivity contribution is 7.89. The van der Waals surface area contributed by atoms with Gasteiger partial charge >= 0.3 is 0 Å². The van der Waals surface area contributed by atoms with Crippen molar-refractivity contribution in [3.05, 3.63) is 60.2 Å². The van der Waals surface area contributed by atoms with Crippen LogP contribution in [-0.4, -0.2) is 56.8 Å². The zero-order valence-corrected chi connectivity index (χ0v) is 22.8. The topological polar surface area (TPSA) is 130 Å². The number of unbranched alkanes of at least 4 members (excludes halogenated alkanes) is 1. The van der Waals surface area contributed by atoms with E-state index in [2.05, 4.69) is 5.32 Å². The molecular formula is C27H43N3O5S. The Kier molecular flexibility index (Phi) is 17.1. The van der Waals surface area contributed by atoms with Crippen molar-refractivity contribution in [3.63, 3.8) is 0 Å². The molecular weight excluding hydrogens is 478 g/mol.